The van der Waals surface area contributed by atoms with Gasteiger partial charge in [-0.2, -0.15) is 0 Å². The summed E-state index contributed by atoms with van der Waals surface area (Å²) >= 11 is 3.27. The average Bonchev–Trinajstić information content (AvgIpc) is 2.31. The number of rotatable bonds is 3. The summed E-state index contributed by atoms with van der Waals surface area (Å²) in [6.07, 6.45) is 3.86. The first-order chi connectivity index (χ1) is 9.20. The summed E-state index contributed by atoms with van der Waals surface area (Å²) in [4.78, 5) is 0.247. The van der Waals surface area contributed by atoms with Crippen LogP contribution in [-0.4, -0.2) is 14.5 Å². The minimum absolute atomic E-state index is 0.0254. The van der Waals surface area contributed by atoms with Crippen LogP contribution < -0.4 is 10.5 Å². The molecule has 1 saturated carbocycles. The van der Waals surface area contributed by atoms with Crippen LogP contribution in [0.1, 0.15) is 39.5 Å². The quantitative estimate of drug-likeness (QED) is 0.812. The van der Waals surface area contributed by atoms with E-state index in [0.29, 0.717) is 15.6 Å². The molecule has 0 aromatic heterocycles. The van der Waals surface area contributed by atoms with Crippen LogP contribution >= 0.6 is 15.9 Å². The summed E-state index contributed by atoms with van der Waals surface area (Å²) in [6.45, 7) is 4.46. The number of anilines is 1. The van der Waals surface area contributed by atoms with Gasteiger partial charge in [0.05, 0.1) is 4.90 Å². The molecule has 0 bridgehead atoms. The SMILES string of the molecule is CC1(C)CCC(NS(=O)(=O)c2ccc(N)cc2Br)CC1. The van der Waals surface area contributed by atoms with Gasteiger partial charge in [-0.1, -0.05) is 13.8 Å². The van der Waals surface area contributed by atoms with E-state index in [4.69, 9.17) is 5.73 Å². The fraction of sp³-hybridized carbons (Fsp3) is 0.571. The molecule has 6 heteroatoms. The van der Waals surface area contributed by atoms with Crippen molar-refractivity contribution in [1.82, 2.24) is 4.72 Å². The van der Waals surface area contributed by atoms with Crippen molar-refractivity contribution in [2.45, 2.75) is 50.5 Å². The maximum absolute atomic E-state index is 12.4. The van der Waals surface area contributed by atoms with Gasteiger partial charge in [-0.3, -0.25) is 0 Å². The van der Waals surface area contributed by atoms with E-state index in [1.54, 1.807) is 12.1 Å². The van der Waals surface area contributed by atoms with E-state index >= 15 is 0 Å². The third-order valence-electron chi connectivity index (χ3n) is 3.91. The molecule has 0 saturated heterocycles. The summed E-state index contributed by atoms with van der Waals surface area (Å²) in [6, 6.07) is 4.77. The van der Waals surface area contributed by atoms with E-state index in [1.165, 1.54) is 6.07 Å². The predicted molar refractivity (Wildman–Crippen MR) is 84.9 cm³/mol. The lowest BCUT2D eigenvalue weighted by Gasteiger charge is -2.34. The highest BCUT2D eigenvalue weighted by molar-refractivity contribution is 9.10. The van der Waals surface area contributed by atoms with Gasteiger partial charge >= 0.3 is 0 Å². The second kappa shape index (κ2) is 5.66. The van der Waals surface area contributed by atoms with Crippen LogP contribution in [0.3, 0.4) is 0 Å². The van der Waals surface area contributed by atoms with Crippen molar-refractivity contribution in [1.29, 1.82) is 0 Å². The molecule has 1 fully saturated rings. The predicted octanol–water partition coefficient (Wildman–Crippen LogP) is 3.28. The van der Waals surface area contributed by atoms with Crippen LogP contribution in [0.25, 0.3) is 0 Å². The molecule has 1 aliphatic rings. The number of nitrogen functional groups attached to an aromatic ring is 1. The smallest absolute Gasteiger partial charge is 0.241 e. The molecule has 0 radical (unpaired) electrons. The molecule has 112 valence electrons. The molecule has 0 amide bonds. The minimum Gasteiger partial charge on any atom is -0.399 e. The van der Waals surface area contributed by atoms with Gasteiger partial charge < -0.3 is 5.73 Å². The van der Waals surface area contributed by atoms with Gasteiger partial charge in [-0.05, 0) is 65.2 Å². The van der Waals surface area contributed by atoms with Crippen molar-refractivity contribution in [3.05, 3.63) is 22.7 Å². The van der Waals surface area contributed by atoms with Crippen molar-refractivity contribution >= 4 is 31.6 Å². The van der Waals surface area contributed by atoms with Crippen LogP contribution in [0.5, 0.6) is 0 Å². The summed E-state index contributed by atoms with van der Waals surface area (Å²) < 4.78 is 28.1. The lowest BCUT2D eigenvalue weighted by molar-refractivity contribution is 0.218. The summed E-state index contributed by atoms with van der Waals surface area (Å²) in [5, 5.41) is 0. The van der Waals surface area contributed by atoms with Crippen LogP contribution in [-0.2, 0) is 10.0 Å². The second-order valence-electron chi connectivity index (χ2n) is 6.25. The lowest BCUT2D eigenvalue weighted by Crippen LogP contribution is -2.39. The third kappa shape index (κ3) is 3.74. The first kappa shape index (κ1) is 15.8. The fourth-order valence-electron chi connectivity index (χ4n) is 2.54. The molecule has 0 atom stereocenters. The Bertz CT molecular complexity index is 589. The molecule has 20 heavy (non-hydrogen) atoms. The van der Waals surface area contributed by atoms with Crippen molar-refractivity contribution in [3.8, 4) is 0 Å². The highest BCUT2D eigenvalue weighted by atomic mass is 79.9. The van der Waals surface area contributed by atoms with E-state index in [9.17, 15) is 8.42 Å². The first-order valence-electron chi connectivity index (χ1n) is 6.77. The highest BCUT2D eigenvalue weighted by Gasteiger charge is 2.30. The van der Waals surface area contributed by atoms with Crippen LogP contribution in [0, 0.1) is 5.41 Å². The largest absolute Gasteiger partial charge is 0.399 e. The Morgan fingerprint density at radius 1 is 1.30 bits per heavy atom. The Morgan fingerprint density at radius 3 is 2.45 bits per heavy atom. The Morgan fingerprint density at radius 2 is 1.90 bits per heavy atom. The van der Waals surface area contributed by atoms with E-state index in [0.717, 1.165) is 25.7 Å². The molecule has 0 aliphatic heterocycles. The zero-order chi connectivity index (χ0) is 15.0. The number of benzene rings is 1. The molecule has 0 unspecified atom stereocenters. The first-order valence-corrected chi connectivity index (χ1v) is 9.05. The van der Waals surface area contributed by atoms with Gasteiger partial charge in [-0.25, -0.2) is 13.1 Å². The van der Waals surface area contributed by atoms with Crippen LogP contribution in [0.15, 0.2) is 27.6 Å². The number of sulfonamides is 1. The maximum atomic E-state index is 12.4. The van der Waals surface area contributed by atoms with Gasteiger partial charge in [0.1, 0.15) is 0 Å². The second-order valence-corrected chi connectivity index (χ2v) is 8.79. The zero-order valence-corrected chi connectivity index (χ0v) is 14.2. The summed E-state index contributed by atoms with van der Waals surface area (Å²) in [5.74, 6) is 0. The Hall–Kier alpha value is -0.590. The molecule has 4 nitrogen and oxygen atoms in total. The monoisotopic (exact) mass is 360 g/mol. The third-order valence-corrected chi connectivity index (χ3v) is 6.40. The van der Waals surface area contributed by atoms with Gasteiger partial charge in [0.2, 0.25) is 10.0 Å². The molecule has 1 aromatic rings. The average molecular weight is 361 g/mol. The topological polar surface area (TPSA) is 72.2 Å². The van der Waals surface area contributed by atoms with Gasteiger partial charge in [0.15, 0.2) is 0 Å². The number of hydrogen-bond acceptors (Lipinski definition) is 3. The maximum Gasteiger partial charge on any atom is 0.241 e. The molecule has 1 aromatic carbocycles. The van der Waals surface area contributed by atoms with Crippen molar-refractivity contribution in [3.63, 3.8) is 0 Å². The van der Waals surface area contributed by atoms with Crippen molar-refractivity contribution < 1.29 is 8.42 Å². The highest BCUT2D eigenvalue weighted by Crippen LogP contribution is 2.35. The zero-order valence-electron chi connectivity index (χ0n) is 11.8. The lowest BCUT2D eigenvalue weighted by atomic mass is 9.76. The van der Waals surface area contributed by atoms with Gasteiger partial charge in [-0.15, -0.1) is 0 Å². The molecular weight excluding hydrogens is 340 g/mol. The number of nitrogens with one attached hydrogen (secondary N) is 1. The minimum atomic E-state index is -3.50. The summed E-state index contributed by atoms with van der Waals surface area (Å²) in [7, 11) is -3.50. The fourth-order valence-corrected chi connectivity index (χ4v) is 4.94. The van der Waals surface area contributed by atoms with Gasteiger partial charge in [0.25, 0.3) is 0 Å². The van der Waals surface area contributed by atoms with Crippen LogP contribution in [0.2, 0.25) is 0 Å². The van der Waals surface area contributed by atoms with E-state index in [1.807, 2.05) is 0 Å². The number of halogens is 1. The number of hydrogen-bond donors (Lipinski definition) is 2. The van der Waals surface area contributed by atoms with Gasteiger partial charge in [0, 0.05) is 16.2 Å². The molecule has 3 N–H and O–H groups in total. The van der Waals surface area contributed by atoms with Crippen molar-refractivity contribution in [2.75, 3.05) is 5.73 Å². The number of nitrogens with two attached hydrogens (primary N) is 1. The Labute approximate surface area is 129 Å². The van der Waals surface area contributed by atoms with E-state index < -0.39 is 10.0 Å². The Kier molecular flexibility index (Phi) is 4.47. The van der Waals surface area contributed by atoms with E-state index in [2.05, 4.69) is 34.5 Å². The van der Waals surface area contributed by atoms with E-state index in [-0.39, 0.29) is 10.9 Å². The van der Waals surface area contributed by atoms with Crippen LogP contribution in [0.4, 0.5) is 5.69 Å². The standard InChI is InChI=1S/C14H21BrN2O2S/c1-14(2)7-5-11(6-8-14)17-20(18,19)13-4-3-10(16)9-12(13)15/h3-4,9,11,17H,5-8,16H2,1-2H3. The molecular formula is C14H21BrN2O2S. The molecule has 0 spiro atoms. The molecule has 1 aliphatic carbocycles. The van der Waals surface area contributed by atoms with Crippen molar-refractivity contribution in [2.24, 2.45) is 5.41 Å². The Balaban J connectivity index is 2.12. The summed E-state index contributed by atoms with van der Waals surface area (Å²) in [5.41, 5.74) is 6.50. The molecule has 0 heterocycles. The normalized spacial score (nSPS) is 19.9. The molecule has 2 rings (SSSR count).